The summed E-state index contributed by atoms with van der Waals surface area (Å²) >= 11 is 0. The Balaban J connectivity index is 1.26. The van der Waals surface area contributed by atoms with Gasteiger partial charge in [0, 0.05) is 46.0 Å². The molecule has 26 heavy (non-hydrogen) atoms. The lowest BCUT2D eigenvalue weighted by Crippen LogP contribution is -2.53. The maximum absolute atomic E-state index is 4.50. The van der Waals surface area contributed by atoms with Crippen LogP contribution in [-0.4, -0.2) is 55.6 Å². The molecule has 0 amide bonds. The molecule has 1 saturated heterocycles. The molecule has 0 spiro atoms. The molecule has 0 bridgehead atoms. The van der Waals surface area contributed by atoms with Gasteiger partial charge in [0.25, 0.3) is 0 Å². The van der Waals surface area contributed by atoms with Crippen molar-refractivity contribution in [2.45, 2.75) is 12.3 Å². The molecule has 2 heterocycles. The third-order valence-corrected chi connectivity index (χ3v) is 5.44. The summed E-state index contributed by atoms with van der Waals surface area (Å²) < 4.78 is 0. The summed E-state index contributed by atoms with van der Waals surface area (Å²) in [5, 5.41) is 3.60. The molecule has 1 aliphatic heterocycles. The van der Waals surface area contributed by atoms with Gasteiger partial charge in [-0.2, -0.15) is 0 Å². The fourth-order valence-electron chi connectivity index (χ4n) is 3.82. The van der Waals surface area contributed by atoms with Crippen LogP contribution in [0.5, 0.6) is 0 Å². The molecule has 1 aliphatic carbocycles. The minimum atomic E-state index is 0.711. The molecule has 2 atom stereocenters. The Kier molecular flexibility index (Phi) is 5.04. The van der Waals surface area contributed by atoms with Gasteiger partial charge in [0.1, 0.15) is 5.82 Å². The monoisotopic (exact) mass is 349 g/mol. The van der Waals surface area contributed by atoms with E-state index in [0.717, 1.165) is 50.4 Å². The van der Waals surface area contributed by atoms with Crippen LogP contribution in [0, 0.1) is 5.92 Å². The molecule has 1 N–H and O–H groups in total. The summed E-state index contributed by atoms with van der Waals surface area (Å²) in [6.07, 6.45) is 3.14. The number of benzene rings is 1. The van der Waals surface area contributed by atoms with E-state index in [1.807, 2.05) is 25.4 Å². The molecule has 2 aliphatic rings. The fourth-order valence-corrected chi connectivity index (χ4v) is 3.82. The molecule has 5 heteroatoms. The Morgan fingerprint density at radius 2 is 1.85 bits per heavy atom. The fraction of sp³-hybridized carbons (Fsp3) is 0.429. The SMILES string of the molecule is CN=C(NCC1CC1c1ccccc1)N1CCN(c2ccccn2)CC1. The van der Waals surface area contributed by atoms with Gasteiger partial charge in [-0.1, -0.05) is 36.4 Å². The normalized spacial score (nSPS) is 23.0. The molecule has 1 saturated carbocycles. The summed E-state index contributed by atoms with van der Waals surface area (Å²) in [7, 11) is 1.88. The second-order valence-electron chi connectivity index (χ2n) is 7.10. The number of aliphatic imine (C=N–C) groups is 1. The Labute approximate surface area is 155 Å². The van der Waals surface area contributed by atoms with Gasteiger partial charge in [0.15, 0.2) is 5.96 Å². The maximum Gasteiger partial charge on any atom is 0.193 e. The average Bonchev–Trinajstić information content (AvgIpc) is 3.50. The lowest BCUT2D eigenvalue weighted by atomic mass is 10.1. The van der Waals surface area contributed by atoms with E-state index < -0.39 is 0 Å². The average molecular weight is 349 g/mol. The number of aromatic nitrogens is 1. The highest BCUT2D eigenvalue weighted by molar-refractivity contribution is 5.80. The predicted molar refractivity (Wildman–Crippen MR) is 107 cm³/mol. The Bertz CT molecular complexity index is 723. The van der Waals surface area contributed by atoms with Crippen LogP contribution in [0.4, 0.5) is 5.82 Å². The van der Waals surface area contributed by atoms with Gasteiger partial charge in [-0.3, -0.25) is 4.99 Å². The molecular formula is C21H27N5. The quantitative estimate of drug-likeness (QED) is 0.681. The minimum absolute atomic E-state index is 0.711. The van der Waals surface area contributed by atoms with Crippen molar-refractivity contribution >= 4 is 11.8 Å². The van der Waals surface area contributed by atoms with Crippen LogP contribution in [0.2, 0.25) is 0 Å². The van der Waals surface area contributed by atoms with Crippen LogP contribution < -0.4 is 10.2 Å². The third kappa shape index (κ3) is 3.82. The summed E-state index contributed by atoms with van der Waals surface area (Å²) in [5.41, 5.74) is 1.47. The Morgan fingerprint density at radius 3 is 2.54 bits per heavy atom. The standard InChI is InChI=1S/C21H27N5/c1-22-21(24-16-18-15-19(18)17-7-3-2-4-8-17)26-13-11-25(12-14-26)20-9-5-6-10-23-20/h2-10,18-19H,11-16H2,1H3,(H,22,24). The number of hydrogen-bond acceptors (Lipinski definition) is 3. The second kappa shape index (κ2) is 7.77. The zero-order valence-corrected chi connectivity index (χ0v) is 15.4. The second-order valence-corrected chi connectivity index (χ2v) is 7.10. The van der Waals surface area contributed by atoms with Gasteiger partial charge in [-0.15, -0.1) is 0 Å². The van der Waals surface area contributed by atoms with E-state index in [-0.39, 0.29) is 0 Å². The first-order chi connectivity index (χ1) is 12.8. The van der Waals surface area contributed by atoms with Gasteiger partial charge in [0.2, 0.25) is 0 Å². The minimum Gasteiger partial charge on any atom is -0.356 e. The van der Waals surface area contributed by atoms with Crippen molar-refractivity contribution in [2.24, 2.45) is 10.9 Å². The highest BCUT2D eigenvalue weighted by Gasteiger charge is 2.38. The number of nitrogens with one attached hydrogen (secondary N) is 1. The van der Waals surface area contributed by atoms with Crippen LogP contribution in [-0.2, 0) is 0 Å². The molecule has 2 fully saturated rings. The van der Waals surface area contributed by atoms with Gasteiger partial charge in [-0.05, 0) is 36.0 Å². The number of hydrogen-bond donors (Lipinski definition) is 1. The van der Waals surface area contributed by atoms with E-state index >= 15 is 0 Å². The smallest absolute Gasteiger partial charge is 0.193 e. The van der Waals surface area contributed by atoms with Gasteiger partial charge in [0.05, 0.1) is 0 Å². The molecule has 1 aromatic heterocycles. The highest BCUT2D eigenvalue weighted by Crippen LogP contribution is 2.46. The molecule has 5 nitrogen and oxygen atoms in total. The van der Waals surface area contributed by atoms with Crippen molar-refractivity contribution < 1.29 is 0 Å². The topological polar surface area (TPSA) is 43.8 Å². The molecule has 1 aromatic carbocycles. The summed E-state index contributed by atoms with van der Waals surface area (Å²) in [4.78, 5) is 13.7. The predicted octanol–water partition coefficient (Wildman–Crippen LogP) is 2.58. The molecule has 4 rings (SSSR count). The van der Waals surface area contributed by atoms with E-state index in [1.54, 1.807) is 0 Å². The number of rotatable bonds is 4. The largest absolute Gasteiger partial charge is 0.356 e. The van der Waals surface area contributed by atoms with E-state index in [1.165, 1.54) is 12.0 Å². The molecular weight excluding hydrogens is 322 g/mol. The van der Waals surface area contributed by atoms with Crippen LogP contribution in [0.25, 0.3) is 0 Å². The molecule has 0 radical (unpaired) electrons. The van der Waals surface area contributed by atoms with Crippen LogP contribution >= 0.6 is 0 Å². The van der Waals surface area contributed by atoms with Gasteiger partial charge < -0.3 is 15.1 Å². The van der Waals surface area contributed by atoms with E-state index in [9.17, 15) is 0 Å². The molecule has 2 aromatic rings. The van der Waals surface area contributed by atoms with Crippen LogP contribution in [0.1, 0.15) is 17.9 Å². The maximum atomic E-state index is 4.50. The summed E-state index contributed by atoms with van der Waals surface area (Å²) in [6, 6.07) is 17.0. The first-order valence-corrected chi connectivity index (χ1v) is 9.51. The third-order valence-electron chi connectivity index (χ3n) is 5.44. The van der Waals surface area contributed by atoms with Crippen molar-refractivity contribution in [1.82, 2.24) is 15.2 Å². The van der Waals surface area contributed by atoms with Crippen molar-refractivity contribution in [3.8, 4) is 0 Å². The van der Waals surface area contributed by atoms with E-state index in [0.29, 0.717) is 5.92 Å². The number of piperazine rings is 1. The van der Waals surface area contributed by atoms with Crippen molar-refractivity contribution in [1.29, 1.82) is 0 Å². The van der Waals surface area contributed by atoms with Crippen LogP contribution in [0.15, 0.2) is 59.7 Å². The van der Waals surface area contributed by atoms with Gasteiger partial charge >= 0.3 is 0 Å². The van der Waals surface area contributed by atoms with Crippen molar-refractivity contribution in [3.63, 3.8) is 0 Å². The Hall–Kier alpha value is -2.56. The zero-order valence-electron chi connectivity index (χ0n) is 15.4. The first kappa shape index (κ1) is 16.9. The first-order valence-electron chi connectivity index (χ1n) is 9.51. The van der Waals surface area contributed by atoms with Crippen LogP contribution in [0.3, 0.4) is 0 Å². The number of guanidine groups is 1. The number of pyridine rings is 1. The summed E-state index contributed by atoms with van der Waals surface area (Å²) in [5.74, 6) is 3.54. The van der Waals surface area contributed by atoms with Crippen molar-refractivity contribution in [3.05, 3.63) is 60.3 Å². The molecule has 136 valence electrons. The lowest BCUT2D eigenvalue weighted by Gasteiger charge is -2.37. The zero-order chi connectivity index (χ0) is 17.8. The van der Waals surface area contributed by atoms with Crippen molar-refractivity contribution in [2.75, 3.05) is 44.7 Å². The summed E-state index contributed by atoms with van der Waals surface area (Å²) in [6.45, 7) is 4.92. The number of nitrogens with zero attached hydrogens (tertiary/aromatic N) is 4. The number of anilines is 1. The Morgan fingerprint density at radius 1 is 1.08 bits per heavy atom. The van der Waals surface area contributed by atoms with Gasteiger partial charge in [-0.25, -0.2) is 4.98 Å². The van der Waals surface area contributed by atoms with E-state index in [4.69, 9.17) is 0 Å². The highest BCUT2D eigenvalue weighted by atomic mass is 15.4. The molecule has 2 unspecified atom stereocenters. The van der Waals surface area contributed by atoms with E-state index in [2.05, 4.69) is 61.5 Å². The lowest BCUT2D eigenvalue weighted by molar-refractivity contribution is 0.370.